The SMILES string of the molecule is CN1Cc2ccccc2C1CNC(=O)c1cc(-c2ccccn2)n[nH]1. The molecule has 0 aliphatic carbocycles. The number of amides is 1. The van der Waals surface area contributed by atoms with E-state index in [2.05, 4.69) is 50.6 Å². The van der Waals surface area contributed by atoms with Crippen LogP contribution in [0.2, 0.25) is 0 Å². The Bertz CT molecular complexity index is 890. The Morgan fingerprint density at radius 2 is 2.08 bits per heavy atom. The average Bonchev–Trinajstić information content (AvgIpc) is 3.25. The molecule has 6 nitrogen and oxygen atoms in total. The molecule has 3 heterocycles. The predicted octanol–water partition coefficient (Wildman–Crippen LogP) is 2.39. The molecule has 2 N–H and O–H groups in total. The maximum Gasteiger partial charge on any atom is 0.269 e. The van der Waals surface area contributed by atoms with Crippen LogP contribution >= 0.6 is 0 Å². The number of nitrogens with one attached hydrogen (secondary N) is 2. The molecular weight excluding hydrogens is 314 g/mol. The van der Waals surface area contributed by atoms with E-state index in [-0.39, 0.29) is 11.9 Å². The van der Waals surface area contributed by atoms with Gasteiger partial charge in [-0.3, -0.25) is 19.8 Å². The van der Waals surface area contributed by atoms with Gasteiger partial charge in [-0.1, -0.05) is 30.3 Å². The van der Waals surface area contributed by atoms with E-state index in [9.17, 15) is 4.79 Å². The number of fused-ring (bicyclic) bond motifs is 1. The third-order valence-corrected chi connectivity index (χ3v) is 4.57. The lowest BCUT2D eigenvalue weighted by Crippen LogP contribution is -2.33. The normalized spacial score (nSPS) is 16.6. The van der Waals surface area contributed by atoms with Crippen LogP contribution in [-0.2, 0) is 6.54 Å². The lowest BCUT2D eigenvalue weighted by molar-refractivity contribution is 0.0935. The lowest BCUT2D eigenvalue weighted by Gasteiger charge is -2.20. The van der Waals surface area contributed by atoms with Crippen LogP contribution in [-0.4, -0.2) is 39.6 Å². The highest BCUT2D eigenvalue weighted by molar-refractivity contribution is 5.93. The molecule has 0 bridgehead atoms. The molecule has 3 aromatic rings. The lowest BCUT2D eigenvalue weighted by atomic mass is 10.1. The Morgan fingerprint density at radius 1 is 1.24 bits per heavy atom. The molecule has 126 valence electrons. The van der Waals surface area contributed by atoms with Gasteiger partial charge in [0.25, 0.3) is 5.91 Å². The molecule has 1 amide bonds. The maximum atomic E-state index is 12.4. The average molecular weight is 333 g/mol. The highest BCUT2D eigenvalue weighted by Gasteiger charge is 2.27. The van der Waals surface area contributed by atoms with Gasteiger partial charge in [0.2, 0.25) is 0 Å². The van der Waals surface area contributed by atoms with Gasteiger partial charge in [-0.25, -0.2) is 0 Å². The van der Waals surface area contributed by atoms with E-state index < -0.39 is 0 Å². The van der Waals surface area contributed by atoms with Crippen molar-refractivity contribution in [3.8, 4) is 11.4 Å². The molecule has 2 aromatic heterocycles. The van der Waals surface area contributed by atoms with Gasteiger partial charge in [-0.15, -0.1) is 0 Å². The monoisotopic (exact) mass is 333 g/mol. The van der Waals surface area contributed by atoms with Gasteiger partial charge in [0.05, 0.1) is 11.7 Å². The van der Waals surface area contributed by atoms with Gasteiger partial charge < -0.3 is 5.32 Å². The zero-order chi connectivity index (χ0) is 17.2. The van der Waals surface area contributed by atoms with Crippen LogP contribution < -0.4 is 5.32 Å². The van der Waals surface area contributed by atoms with Gasteiger partial charge in [0, 0.05) is 19.3 Å². The number of rotatable bonds is 4. The topological polar surface area (TPSA) is 73.9 Å². The van der Waals surface area contributed by atoms with Crippen molar-refractivity contribution in [1.82, 2.24) is 25.4 Å². The number of H-pyrrole nitrogens is 1. The summed E-state index contributed by atoms with van der Waals surface area (Å²) in [6.45, 7) is 1.47. The quantitative estimate of drug-likeness (QED) is 0.769. The van der Waals surface area contributed by atoms with Crippen LogP contribution in [0.1, 0.15) is 27.7 Å². The number of hydrogen-bond acceptors (Lipinski definition) is 4. The van der Waals surface area contributed by atoms with Crippen LogP contribution in [0.3, 0.4) is 0 Å². The first kappa shape index (κ1) is 15.5. The standard InChI is InChI=1S/C19H19N5O/c1-24-12-13-6-2-3-7-14(13)18(24)11-21-19(25)17-10-16(22-23-17)15-8-4-5-9-20-15/h2-10,18H,11-12H2,1H3,(H,21,25)(H,22,23). The van der Waals surface area contributed by atoms with Crippen molar-refractivity contribution in [1.29, 1.82) is 0 Å². The summed E-state index contributed by atoms with van der Waals surface area (Å²) >= 11 is 0. The van der Waals surface area contributed by atoms with E-state index in [0.29, 0.717) is 17.9 Å². The van der Waals surface area contributed by atoms with E-state index in [4.69, 9.17) is 0 Å². The molecule has 0 saturated carbocycles. The smallest absolute Gasteiger partial charge is 0.269 e. The highest BCUT2D eigenvalue weighted by Crippen LogP contribution is 2.31. The zero-order valence-corrected chi connectivity index (χ0v) is 13.9. The number of aromatic amines is 1. The van der Waals surface area contributed by atoms with Crippen molar-refractivity contribution in [2.75, 3.05) is 13.6 Å². The Morgan fingerprint density at radius 3 is 2.92 bits per heavy atom. The molecule has 1 unspecified atom stereocenters. The van der Waals surface area contributed by atoms with Crippen molar-refractivity contribution >= 4 is 5.91 Å². The Kier molecular flexibility index (Phi) is 4.03. The fourth-order valence-electron chi connectivity index (χ4n) is 3.25. The minimum Gasteiger partial charge on any atom is -0.349 e. The predicted molar refractivity (Wildman–Crippen MR) is 94.8 cm³/mol. The second kappa shape index (κ2) is 6.49. The third-order valence-electron chi connectivity index (χ3n) is 4.57. The van der Waals surface area contributed by atoms with E-state index >= 15 is 0 Å². The largest absolute Gasteiger partial charge is 0.349 e. The van der Waals surface area contributed by atoms with Crippen LogP contribution in [0.25, 0.3) is 11.4 Å². The molecule has 25 heavy (non-hydrogen) atoms. The number of pyridine rings is 1. The Labute approximate surface area is 145 Å². The molecule has 0 fully saturated rings. The summed E-state index contributed by atoms with van der Waals surface area (Å²) in [5.41, 5.74) is 4.44. The van der Waals surface area contributed by atoms with Crippen molar-refractivity contribution in [2.45, 2.75) is 12.6 Å². The summed E-state index contributed by atoms with van der Waals surface area (Å²) in [7, 11) is 2.08. The molecule has 4 rings (SSSR count). The summed E-state index contributed by atoms with van der Waals surface area (Å²) in [5.74, 6) is -0.160. The van der Waals surface area contributed by atoms with Gasteiger partial charge in [-0.05, 0) is 36.4 Å². The highest BCUT2D eigenvalue weighted by atomic mass is 16.1. The third kappa shape index (κ3) is 3.04. The molecule has 1 atom stereocenters. The van der Waals surface area contributed by atoms with Crippen molar-refractivity contribution < 1.29 is 4.79 Å². The van der Waals surface area contributed by atoms with Crippen molar-refractivity contribution in [2.24, 2.45) is 0 Å². The number of likely N-dealkylation sites (N-methyl/N-ethyl adjacent to an activating group) is 1. The second-order valence-corrected chi connectivity index (χ2v) is 6.22. The van der Waals surface area contributed by atoms with Gasteiger partial charge in [-0.2, -0.15) is 5.10 Å². The fraction of sp³-hybridized carbons (Fsp3) is 0.211. The molecule has 0 saturated heterocycles. The maximum absolute atomic E-state index is 12.4. The van der Waals surface area contributed by atoms with E-state index in [0.717, 1.165) is 12.2 Å². The zero-order valence-electron chi connectivity index (χ0n) is 13.9. The second-order valence-electron chi connectivity index (χ2n) is 6.22. The Hall–Kier alpha value is -2.99. The Balaban J connectivity index is 1.44. The molecule has 0 spiro atoms. The summed E-state index contributed by atoms with van der Waals surface area (Å²) in [6.07, 6.45) is 1.71. The number of nitrogens with zero attached hydrogens (tertiary/aromatic N) is 3. The first-order valence-electron chi connectivity index (χ1n) is 8.25. The van der Waals surface area contributed by atoms with Crippen molar-refractivity contribution in [3.05, 3.63) is 71.5 Å². The van der Waals surface area contributed by atoms with Crippen LogP contribution in [0.4, 0.5) is 0 Å². The summed E-state index contributed by atoms with van der Waals surface area (Å²) < 4.78 is 0. The molecule has 1 aliphatic heterocycles. The number of carbonyl (C=O) groups is 1. The van der Waals surface area contributed by atoms with Crippen LogP contribution in [0, 0.1) is 0 Å². The first-order chi connectivity index (χ1) is 12.2. The summed E-state index contributed by atoms with van der Waals surface area (Å²) in [6, 6.07) is 15.9. The van der Waals surface area contributed by atoms with Gasteiger partial charge >= 0.3 is 0 Å². The van der Waals surface area contributed by atoms with E-state index in [1.807, 2.05) is 24.3 Å². The van der Waals surface area contributed by atoms with Crippen molar-refractivity contribution in [3.63, 3.8) is 0 Å². The molecular formula is C19H19N5O. The van der Waals surface area contributed by atoms with E-state index in [1.165, 1.54) is 11.1 Å². The molecule has 1 aliphatic rings. The van der Waals surface area contributed by atoms with Gasteiger partial charge in [0.1, 0.15) is 11.4 Å². The summed E-state index contributed by atoms with van der Waals surface area (Å²) in [4.78, 5) is 18.9. The minimum absolute atomic E-state index is 0.160. The molecule has 6 heteroatoms. The van der Waals surface area contributed by atoms with Crippen LogP contribution in [0.5, 0.6) is 0 Å². The molecule has 0 radical (unpaired) electrons. The van der Waals surface area contributed by atoms with Gasteiger partial charge in [0.15, 0.2) is 0 Å². The molecule has 1 aromatic carbocycles. The van der Waals surface area contributed by atoms with Crippen LogP contribution in [0.15, 0.2) is 54.7 Å². The number of hydrogen-bond donors (Lipinski definition) is 2. The first-order valence-corrected chi connectivity index (χ1v) is 8.25. The number of carbonyl (C=O) groups excluding carboxylic acids is 1. The fourth-order valence-corrected chi connectivity index (χ4v) is 3.25. The van der Waals surface area contributed by atoms with E-state index in [1.54, 1.807) is 12.3 Å². The minimum atomic E-state index is -0.160. The number of benzene rings is 1. The number of aromatic nitrogens is 3. The summed E-state index contributed by atoms with van der Waals surface area (Å²) in [5, 5.41) is 9.98.